The summed E-state index contributed by atoms with van der Waals surface area (Å²) in [4.78, 5) is 13.9. The van der Waals surface area contributed by atoms with E-state index in [4.69, 9.17) is 5.73 Å². The molecule has 6 heteroatoms. The largest absolute Gasteiger partial charge is 0.507 e. The number of benzene rings is 1. The third kappa shape index (κ3) is 3.37. The van der Waals surface area contributed by atoms with Gasteiger partial charge in [0.1, 0.15) is 5.75 Å². The summed E-state index contributed by atoms with van der Waals surface area (Å²) in [5, 5.41) is 9.69. The van der Waals surface area contributed by atoms with Gasteiger partial charge in [-0.1, -0.05) is 15.9 Å². The number of hydrogen-bond donors (Lipinski definition) is 2. The van der Waals surface area contributed by atoms with E-state index >= 15 is 0 Å². The van der Waals surface area contributed by atoms with Crippen LogP contribution in [0, 0.1) is 0 Å². The van der Waals surface area contributed by atoms with Gasteiger partial charge in [0.15, 0.2) is 0 Å². The van der Waals surface area contributed by atoms with Crippen molar-refractivity contribution < 1.29 is 9.90 Å². The summed E-state index contributed by atoms with van der Waals surface area (Å²) in [7, 11) is 0. The average molecular weight is 336 g/mol. The number of piperidine rings is 1. The molecule has 1 aromatic rings. The van der Waals surface area contributed by atoms with Gasteiger partial charge in [-0.25, -0.2) is 0 Å². The zero-order valence-electron chi connectivity index (χ0n) is 9.80. The molecule has 0 bridgehead atoms. The molecule has 18 heavy (non-hydrogen) atoms. The number of likely N-dealkylation sites (tertiary alicyclic amines) is 1. The van der Waals surface area contributed by atoms with Gasteiger partial charge in [-0.15, -0.1) is 12.4 Å². The van der Waals surface area contributed by atoms with Gasteiger partial charge in [0.25, 0.3) is 5.91 Å². The lowest BCUT2D eigenvalue weighted by Gasteiger charge is -2.30. The van der Waals surface area contributed by atoms with Crippen LogP contribution in [0.25, 0.3) is 0 Å². The van der Waals surface area contributed by atoms with Crippen LogP contribution in [-0.2, 0) is 0 Å². The second kappa shape index (κ2) is 6.41. The normalized spacial score (nSPS) is 16.2. The van der Waals surface area contributed by atoms with Crippen molar-refractivity contribution in [1.82, 2.24) is 4.90 Å². The van der Waals surface area contributed by atoms with E-state index in [1.807, 2.05) is 0 Å². The number of hydrogen-bond acceptors (Lipinski definition) is 3. The Morgan fingerprint density at radius 1 is 1.39 bits per heavy atom. The highest BCUT2D eigenvalue weighted by atomic mass is 79.9. The van der Waals surface area contributed by atoms with E-state index in [9.17, 15) is 9.90 Å². The first kappa shape index (κ1) is 15.3. The number of phenols is 1. The third-order valence-corrected chi connectivity index (χ3v) is 3.51. The summed E-state index contributed by atoms with van der Waals surface area (Å²) in [6, 6.07) is 5.06. The molecule has 1 aliphatic rings. The van der Waals surface area contributed by atoms with E-state index in [0.717, 1.165) is 17.3 Å². The minimum atomic E-state index is -0.129. The highest BCUT2D eigenvalue weighted by molar-refractivity contribution is 9.10. The van der Waals surface area contributed by atoms with E-state index in [1.165, 1.54) is 6.07 Å². The number of amides is 1. The van der Waals surface area contributed by atoms with Crippen LogP contribution < -0.4 is 5.73 Å². The van der Waals surface area contributed by atoms with Gasteiger partial charge in [0, 0.05) is 23.6 Å². The molecule has 1 heterocycles. The molecule has 100 valence electrons. The summed E-state index contributed by atoms with van der Waals surface area (Å²) in [5.74, 6) is -0.108. The monoisotopic (exact) mass is 334 g/mol. The Morgan fingerprint density at radius 3 is 2.61 bits per heavy atom. The van der Waals surface area contributed by atoms with Gasteiger partial charge in [-0.3, -0.25) is 4.79 Å². The number of phenolic OH excluding ortho intramolecular Hbond substituents is 1. The van der Waals surface area contributed by atoms with Crippen molar-refractivity contribution in [3.8, 4) is 5.75 Å². The van der Waals surface area contributed by atoms with Crippen molar-refractivity contribution in [1.29, 1.82) is 0 Å². The lowest BCUT2D eigenvalue weighted by Crippen LogP contribution is -2.42. The fourth-order valence-corrected chi connectivity index (χ4v) is 2.31. The molecule has 0 aliphatic carbocycles. The molecule has 4 nitrogen and oxygen atoms in total. The maximum absolute atomic E-state index is 12.2. The van der Waals surface area contributed by atoms with Crippen LogP contribution >= 0.6 is 28.3 Å². The Hall–Kier alpha value is -0.780. The van der Waals surface area contributed by atoms with Crippen molar-refractivity contribution in [2.45, 2.75) is 18.9 Å². The second-order valence-electron chi connectivity index (χ2n) is 4.29. The molecule has 0 spiro atoms. The molecule has 0 unspecified atom stereocenters. The Labute approximate surface area is 121 Å². The fourth-order valence-electron chi connectivity index (χ4n) is 1.95. The van der Waals surface area contributed by atoms with Crippen molar-refractivity contribution >= 4 is 34.2 Å². The Kier molecular flexibility index (Phi) is 5.44. The summed E-state index contributed by atoms with van der Waals surface area (Å²) < 4.78 is 0.785. The van der Waals surface area contributed by atoms with E-state index in [1.54, 1.807) is 17.0 Å². The average Bonchev–Trinajstić information content (AvgIpc) is 2.32. The molecule has 0 radical (unpaired) electrons. The highest BCUT2D eigenvalue weighted by Crippen LogP contribution is 2.24. The zero-order valence-corrected chi connectivity index (χ0v) is 12.2. The quantitative estimate of drug-likeness (QED) is 0.826. The van der Waals surface area contributed by atoms with Gasteiger partial charge >= 0.3 is 0 Å². The number of carbonyl (C=O) groups is 1. The topological polar surface area (TPSA) is 66.6 Å². The Morgan fingerprint density at radius 2 is 2.00 bits per heavy atom. The maximum Gasteiger partial charge on any atom is 0.257 e. The molecule has 2 rings (SSSR count). The van der Waals surface area contributed by atoms with Crippen LogP contribution in [0.1, 0.15) is 23.2 Å². The van der Waals surface area contributed by atoms with Gasteiger partial charge < -0.3 is 15.7 Å². The van der Waals surface area contributed by atoms with Gasteiger partial charge in [-0.2, -0.15) is 0 Å². The number of rotatable bonds is 1. The lowest BCUT2D eigenvalue weighted by atomic mass is 10.0. The van der Waals surface area contributed by atoms with Crippen molar-refractivity contribution in [3.63, 3.8) is 0 Å². The molecule has 0 atom stereocenters. The van der Waals surface area contributed by atoms with E-state index in [-0.39, 0.29) is 30.1 Å². The van der Waals surface area contributed by atoms with Crippen LogP contribution in [0.2, 0.25) is 0 Å². The summed E-state index contributed by atoms with van der Waals surface area (Å²) in [6.07, 6.45) is 1.64. The van der Waals surface area contributed by atoms with E-state index in [0.29, 0.717) is 18.7 Å². The number of nitrogens with two attached hydrogens (primary N) is 1. The zero-order chi connectivity index (χ0) is 12.4. The highest BCUT2D eigenvalue weighted by Gasteiger charge is 2.23. The standard InChI is InChI=1S/C12H15BrN2O2.ClH/c13-8-1-2-11(16)10(7-8)12(17)15-5-3-9(14)4-6-15;/h1-2,7,9,16H,3-6,14H2;1H. The van der Waals surface area contributed by atoms with Gasteiger partial charge in [0.2, 0.25) is 0 Å². The van der Waals surface area contributed by atoms with Crippen molar-refractivity contribution in [2.75, 3.05) is 13.1 Å². The molecule has 1 amide bonds. The summed E-state index contributed by atoms with van der Waals surface area (Å²) in [6.45, 7) is 1.32. The van der Waals surface area contributed by atoms with E-state index < -0.39 is 0 Å². The molecule has 1 fully saturated rings. The second-order valence-corrected chi connectivity index (χ2v) is 5.21. The first-order valence-corrected chi connectivity index (χ1v) is 6.40. The Bertz CT molecular complexity index is 434. The van der Waals surface area contributed by atoms with Crippen LogP contribution in [-0.4, -0.2) is 35.0 Å². The number of nitrogens with zero attached hydrogens (tertiary/aromatic N) is 1. The SMILES string of the molecule is Cl.NC1CCN(C(=O)c2cc(Br)ccc2O)CC1. The minimum absolute atomic E-state index is 0. The fraction of sp³-hybridized carbons (Fsp3) is 0.417. The first-order valence-electron chi connectivity index (χ1n) is 5.61. The molecule has 0 aromatic heterocycles. The molecule has 1 saturated heterocycles. The predicted octanol–water partition coefficient (Wildman–Crippen LogP) is 2.14. The number of aromatic hydroxyl groups is 1. The first-order chi connectivity index (χ1) is 8.08. The number of carbonyl (C=O) groups excluding carboxylic acids is 1. The van der Waals surface area contributed by atoms with Crippen LogP contribution in [0.5, 0.6) is 5.75 Å². The molecule has 1 aromatic carbocycles. The summed E-state index contributed by atoms with van der Waals surface area (Å²) in [5.41, 5.74) is 6.14. The molecule has 1 aliphatic heterocycles. The van der Waals surface area contributed by atoms with Gasteiger partial charge in [-0.05, 0) is 31.0 Å². The van der Waals surface area contributed by atoms with Crippen molar-refractivity contribution in [2.24, 2.45) is 5.73 Å². The number of halogens is 2. The molecule has 0 saturated carbocycles. The molecular formula is C12H16BrClN2O2. The predicted molar refractivity (Wildman–Crippen MR) is 76.2 cm³/mol. The Balaban J connectivity index is 0.00000162. The lowest BCUT2D eigenvalue weighted by molar-refractivity contribution is 0.0711. The minimum Gasteiger partial charge on any atom is -0.507 e. The smallest absolute Gasteiger partial charge is 0.257 e. The third-order valence-electron chi connectivity index (χ3n) is 3.02. The van der Waals surface area contributed by atoms with Crippen LogP contribution in [0.15, 0.2) is 22.7 Å². The molecular weight excluding hydrogens is 320 g/mol. The van der Waals surface area contributed by atoms with Gasteiger partial charge in [0.05, 0.1) is 5.56 Å². The summed E-state index contributed by atoms with van der Waals surface area (Å²) >= 11 is 3.30. The van der Waals surface area contributed by atoms with E-state index in [2.05, 4.69) is 15.9 Å². The maximum atomic E-state index is 12.2. The molecule has 3 N–H and O–H groups in total. The van der Waals surface area contributed by atoms with Crippen LogP contribution in [0.3, 0.4) is 0 Å². The van der Waals surface area contributed by atoms with Crippen molar-refractivity contribution in [3.05, 3.63) is 28.2 Å². The van der Waals surface area contributed by atoms with Crippen LogP contribution in [0.4, 0.5) is 0 Å².